The number of anilines is 2. The SMILES string of the molecule is COc1ccc(-c2c(-c3ccccc3)oc3ncnc(Nc4ccccc4CCCC(=O)O)c23)cc1. The van der Waals surface area contributed by atoms with Gasteiger partial charge in [0.15, 0.2) is 0 Å². The molecule has 2 heterocycles. The van der Waals surface area contributed by atoms with Crippen molar-refractivity contribution in [3.63, 3.8) is 0 Å². The number of hydrogen-bond donors (Lipinski definition) is 2. The fourth-order valence-electron chi connectivity index (χ4n) is 4.27. The molecule has 0 radical (unpaired) electrons. The number of nitrogens with zero attached hydrogens (tertiary/aromatic N) is 2. The van der Waals surface area contributed by atoms with E-state index in [2.05, 4.69) is 15.3 Å². The summed E-state index contributed by atoms with van der Waals surface area (Å²) in [6, 6.07) is 25.6. The Hall–Kier alpha value is -4.65. The van der Waals surface area contributed by atoms with E-state index in [4.69, 9.17) is 14.3 Å². The van der Waals surface area contributed by atoms with Crippen LogP contribution in [-0.2, 0) is 11.2 Å². The Balaban J connectivity index is 1.64. The van der Waals surface area contributed by atoms with Crippen molar-refractivity contribution in [2.24, 2.45) is 0 Å². The number of benzene rings is 3. The van der Waals surface area contributed by atoms with Gasteiger partial charge in [-0.05, 0) is 42.2 Å². The lowest BCUT2D eigenvalue weighted by molar-refractivity contribution is -0.137. The summed E-state index contributed by atoms with van der Waals surface area (Å²) in [6.07, 6.45) is 2.79. The maximum atomic E-state index is 11.0. The van der Waals surface area contributed by atoms with E-state index in [0.29, 0.717) is 30.1 Å². The molecule has 36 heavy (non-hydrogen) atoms. The molecular formula is C29H25N3O4. The number of aryl methyl sites for hydroxylation is 1. The van der Waals surface area contributed by atoms with Crippen LogP contribution in [0, 0.1) is 0 Å². The van der Waals surface area contributed by atoms with Gasteiger partial charge < -0.3 is 19.6 Å². The normalized spacial score (nSPS) is 10.9. The number of carbonyl (C=O) groups is 1. The number of furan rings is 1. The summed E-state index contributed by atoms with van der Waals surface area (Å²) in [5.74, 6) is 1.28. The van der Waals surface area contributed by atoms with Crippen molar-refractivity contribution in [3.8, 4) is 28.2 Å². The number of fused-ring (bicyclic) bond motifs is 1. The third-order valence-electron chi connectivity index (χ3n) is 6.01. The number of ether oxygens (including phenoxy) is 1. The van der Waals surface area contributed by atoms with Gasteiger partial charge in [-0.2, -0.15) is 0 Å². The summed E-state index contributed by atoms with van der Waals surface area (Å²) in [6.45, 7) is 0. The number of hydrogen-bond acceptors (Lipinski definition) is 6. The topological polar surface area (TPSA) is 97.5 Å². The second-order valence-corrected chi connectivity index (χ2v) is 8.33. The molecule has 0 spiro atoms. The highest BCUT2D eigenvalue weighted by Crippen LogP contribution is 2.43. The van der Waals surface area contributed by atoms with Crippen molar-refractivity contribution in [3.05, 3.63) is 90.8 Å². The average Bonchev–Trinajstić information content (AvgIpc) is 3.31. The molecule has 7 nitrogen and oxygen atoms in total. The number of aromatic nitrogens is 2. The van der Waals surface area contributed by atoms with E-state index in [-0.39, 0.29) is 6.42 Å². The number of aliphatic carboxylic acids is 1. The van der Waals surface area contributed by atoms with Crippen molar-refractivity contribution in [2.75, 3.05) is 12.4 Å². The molecule has 180 valence electrons. The molecule has 5 aromatic rings. The number of para-hydroxylation sites is 1. The van der Waals surface area contributed by atoms with Crippen LogP contribution in [0.25, 0.3) is 33.6 Å². The lowest BCUT2D eigenvalue weighted by Gasteiger charge is -2.13. The molecule has 5 rings (SSSR count). The van der Waals surface area contributed by atoms with E-state index in [1.165, 1.54) is 6.33 Å². The number of methoxy groups -OCH3 is 1. The predicted octanol–water partition coefficient (Wildman–Crippen LogP) is 6.72. The summed E-state index contributed by atoms with van der Waals surface area (Å²) >= 11 is 0. The van der Waals surface area contributed by atoms with Gasteiger partial charge in [-0.25, -0.2) is 9.97 Å². The largest absolute Gasteiger partial charge is 0.497 e. The van der Waals surface area contributed by atoms with E-state index in [9.17, 15) is 4.79 Å². The second kappa shape index (κ2) is 10.3. The number of nitrogens with one attached hydrogen (secondary N) is 1. The van der Waals surface area contributed by atoms with Gasteiger partial charge in [0.05, 0.1) is 12.5 Å². The van der Waals surface area contributed by atoms with Crippen LogP contribution in [0.5, 0.6) is 5.75 Å². The summed E-state index contributed by atoms with van der Waals surface area (Å²) in [5, 5.41) is 13.3. The second-order valence-electron chi connectivity index (χ2n) is 8.33. The highest BCUT2D eigenvalue weighted by molar-refractivity contribution is 6.06. The highest BCUT2D eigenvalue weighted by Gasteiger charge is 2.22. The molecule has 0 saturated heterocycles. The molecule has 0 fully saturated rings. The van der Waals surface area contributed by atoms with Crippen molar-refractivity contribution in [2.45, 2.75) is 19.3 Å². The minimum atomic E-state index is -0.797. The van der Waals surface area contributed by atoms with E-state index in [0.717, 1.165) is 39.1 Å². The first kappa shape index (κ1) is 23.1. The molecule has 0 bridgehead atoms. The Morgan fingerprint density at radius 3 is 2.44 bits per heavy atom. The molecule has 0 aliphatic carbocycles. The highest BCUT2D eigenvalue weighted by atomic mass is 16.5. The third kappa shape index (κ3) is 4.77. The Labute approximate surface area is 208 Å². The van der Waals surface area contributed by atoms with E-state index in [1.54, 1.807) is 7.11 Å². The first-order valence-corrected chi connectivity index (χ1v) is 11.7. The first-order valence-electron chi connectivity index (χ1n) is 11.7. The van der Waals surface area contributed by atoms with E-state index in [1.807, 2.05) is 78.9 Å². The van der Waals surface area contributed by atoms with Crippen LogP contribution >= 0.6 is 0 Å². The summed E-state index contributed by atoms with van der Waals surface area (Å²) < 4.78 is 11.7. The molecule has 0 aliphatic rings. The van der Waals surface area contributed by atoms with Crippen molar-refractivity contribution < 1.29 is 19.1 Å². The van der Waals surface area contributed by atoms with Gasteiger partial charge in [0.2, 0.25) is 5.71 Å². The standard InChI is InChI=1S/C29H25N3O4/c1-35-22-16-14-20(15-17-22)25-26-28(32-23-12-6-5-8-19(23)11-7-13-24(33)34)30-18-31-29(26)36-27(25)21-9-3-2-4-10-21/h2-6,8-10,12,14-18H,7,11,13H2,1H3,(H,33,34)(H,30,31,32). The smallest absolute Gasteiger partial charge is 0.303 e. The molecule has 3 aromatic carbocycles. The van der Waals surface area contributed by atoms with Crippen LogP contribution < -0.4 is 10.1 Å². The minimum absolute atomic E-state index is 0.121. The fourth-order valence-corrected chi connectivity index (χ4v) is 4.27. The summed E-state index contributed by atoms with van der Waals surface area (Å²) in [7, 11) is 1.64. The Bertz CT molecular complexity index is 1490. The van der Waals surface area contributed by atoms with Crippen molar-refractivity contribution in [1.82, 2.24) is 9.97 Å². The van der Waals surface area contributed by atoms with Crippen LogP contribution in [0.15, 0.2) is 89.6 Å². The zero-order valence-corrected chi connectivity index (χ0v) is 19.8. The van der Waals surface area contributed by atoms with Crippen LogP contribution in [0.4, 0.5) is 11.5 Å². The summed E-state index contributed by atoms with van der Waals surface area (Å²) in [5.41, 5.74) is 5.11. The van der Waals surface area contributed by atoms with Gasteiger partial charge >= 0.3 is 5.97 Å². The predicted molar refractivity (Wildman–Crippen MR) is 140 cm³/mol. The maximum Gasteiger partial charge on any atom is 0.303 e. The van der Waals surface area contributed by atoms with E-state index >= 15 is 0 Å². The fraction of sp³-hybridized carbons (Fsp3) is 0.138. The zero-order valence-electron chi connectivity index (χ0n) is 19.8. The number of carboxylic acids is 1. The van der Waals surface area contributed by atoms with Crippen LogP contribution in [0.2, 0.25) is 0 Å². The van der Waals surface area contributed by atoms with Gasteiger partial charge in [0.25, 0.3) is 0 Å². The molecule has 7 heteroatoms. The van der Waals surface area contributed by atoms with Crippen LogP contribution in [0.3, 0.4) is 0 Å². The maximum absolute atomic E-state index is 11.0. The third-order valence-corrected chi connectivity index (χ3v) is 6.01. The molecule has 0 aliphatic heterocycles. The van der Waals surface area contributed by atoms with Crippen molar-refractivity contribution >= 4 is 28.6 Å². The van der Waals surface area contributed by atoms with Crippen molar-refractivity contribution in [1.29, 1.82) is 0 Å². The Morgan fingerprint density at radius 2 is 1.69 bits per heavy atom. The molecule has 0 amide bonds. The summed E-state index contributed by atoms with van der Waals surface area (Å²) in [4.78, 5) is 20.0. The molecule has 0 saturated carbocycles. The van der Waals surface area contributed by atoms with Gasteiger partial charge in [0, 0.05) is 23.2 Å². The lowest BCUT2D eigenvalue weighted by atomic mass is 9.99. The minimum Gasteiger partial charge on any atom is -0.497 e. The molecule has 0 unspecified atom stereocenters. The molecule has 0 atom stereocenters. The average molecular weight is 480 g/mol. The van der Waals surface area contributed by atoms with Crippen LogP contribution in [0.1, 0.15) is 18.4 Å². The van der Waals surface area contributed by atoms with Gasteiger partial charge in [-0.3, -0.25) is 4.79 Å². The quantitative estimate of drug-likeness (QED) is 0.242. The van der Waals surface area contributed by atoms with Gasteiger partial charge in [-0.15, -0.1) is 0 Å². The molecule has 2 aromatic heterocycles. The van der Waals surface area contributed by atoms with Gasteiger partial charge in [-0.1, -0.05) is 60.7 Å². The van der Waals surface area contributed by atoms with E-state index < -0.39 is 5.97 Å². The monoisotopic (exact) mass is 479 g/mol. The van der Waals surface area contributed by atoms with Crippen LogP contribution in [-0.4, -0.2) is 28.2 Å². The zero-order chi connectivity index (χ0) is 24.9. The Morgan fingerprint density at radius 1 is 0.944 bits per heavy atom. The number of carboxylic acid groups (broad SMARTS) is 1. The Kier molecular flexibility index (Phi) is 6.62. The van der Waals surface area contributed by atoms with Gasteiger partial charge in [0.1, 0.15) is 23.7 Å². The first-order chi connectivity index (χ1) is 17.6. The molecular weight excluding hydrogens is 454 g/mol. The lowest BCUT2D eigenvalue weighted by Crippen LogP contribution is -2.01. The molecule has 2 N–H and O–H groups in total. The number of rotatable bonds is 9.